The fraction of sp³-hybridized carbons (Fsp3) is 0.0952. The quantitative estimate of drug-likeness (QED) is 0.478. The molecule has 0 unspecified atom stereocenters. The van der Waals surface area contributed by atoms with E-state index >= 15 is 0 Å². The van der Waals surface area contributed by atoms with Gasteiger partial charge in [0.1, 0.15) is 4.88 Å². The van der Waals surface area contributed by atoms with Crippen molar-refractivity contribution in [1.82, 2.24) is 9.97 Å². The Kier molecular flexibility index (Phi) is 4.83. The van der Waals surface area contributed by atoms with E-state index in [4.69, 9.17) is 0 Å². The molecule has 0 aliphatic carbocycles. The van der Waals surface area contributed by atoms with E-state index in [1.807, 2.05) is 73.8 Å². The fourth-order valence-corrected chi connectivity index (χ4v) is 4.27. The van der Waals surface area contributed by atoms with Gasteiger partial charge in [0, 0.05) is 22.2 Å². The molecule has 0 saturated heterocycles. The van der Waals surface area contributed by atoms with Crippen LogP contribution in [0.5, 0.6) is 0 Å². The number of thiazole rings is 2. The van der Waals surface area contributed by atoms with Crippen molar-refractivity contribution in [3.63, 3.8) is 0 Å². The Labute approximate surface area is 165 Å². The lowest BCUT2D eigenvalue weighted by atomic mass is 10.1. The van der Waals surface area contributed by atoms with E-state index in [-0.39, 0.29) is 5.91 Å². The molecule has 4 aromatic rings. The summed E-state index contributed by atoms with van der Waals surface area (Å²) in [6.07, 6.45) is 0. The fourth-order valence-electron chi connectivity index (χ4n) is 2.81. The number of nitrogens with one attached hydrogen (secondary N) is 1. The summed E-state index contributed by atoms with van der Waals surface area (Å²) in [7, 11) is 0. The van der Waals surface area contributed by atoms with Crippen LogP contribution in [-0.2, 0) is 0 Å². The highest BCUT2D eigenvalue weighted by Gasteiger charge is 2.18. The van der Waals surface area contributed by atoms with E-state index in [9.17, 15) is 4.79 Å². The van der Waals surface area contributed by atoms with Crippen molar-refractivity contribution in [2.75, 3.05) is 5.32 Å². The Morgan fingerprint density at radius 1 is 0.926 bits per heavy atom. The predicted octanol–water partition coefficient (Wildman–Crippen LogP) is 5.80. The molecule has 0 bridgehead atoms. The third-order valence-electron chi connectivity index (χ3n) is 4.02. The second-order valence-corrected chi connectivity index (χ2v) is 8.33. The summed E-state index contributed by atoms with van der Waals surface area (Å²) in [5.41, 5.74) is 4.32. The molecule has 0 aliphatic heterocycles. The molecular weight excluding hydrogens is 374 g/mol. The lowest BCUT2D eigenvalue weighted by Gasteiger charge is -2.07. The van der Waals surface area contributed by atoms with Crippen molar-refractivity contribution in [2.24, 2.45) is 0 Å². The van der Waals surface area contributed by atoms with Crippen molar-refractivity contribution in [3.05, 3.63) is 74.9 Å². The molecule has 6 heteroatoms. The summed E-state index contributed by atoms with van der Waals surface area (Å²) in [4.78, 5) is 22.6. The highest BCUT2D eigenvalue weighted by molar-refractivity contribution is 7.14. The molecule has 2 aromatic carbocycles. The van der Waals surface area contributed by atoms with Gasteiger partial charge < -0.3 is 5.32 Å². The first-order valence-electron chi connectivity index (χ1n) is 8.47. The maximum absolute atomic E-state index is 12.9. The molecule has 1 N–H and O–H groups in total. The molecular formula is C21H17N3OS2. The van der Waals surface area contributed by atoms with Gasteiger partial charge in [0.25, 0.3) is 5.91 Å². The molecule has 0 saturated carbocycles. The maximum Gasteiger partial charge on any atom is 0.268 e. The Hall–Kier alpha value is -2.83. The zero-order valence-electron chi connectivity index (χ0n) is 14.9. The van der Waals surface area contributed by atoms with E-state index in [0.29, 0.717) is 4.88 Å². The van der Waals surface area contributed by atoms with Crippen molar-refractivity contribution in [2.45, 2.75) is 13.8 Å². The van der Waals surface area contributed by atoms with E-state index in [1.54, 1.807) is 11.3 Å². The molecule has 4 rings (SSSR count). The van der Waals surface area contributed by atoms with Crippen LogP contribution in [0.4, 0.5) is 5.69 Å². The van der Waals surface area contributed by atoms with E-state index in [0.717, 1.165) is 38.2 Å². The number of carbonyl (C=O) groups is 1. The number of carbonyl (C=O) groups excluding carboxylic acids is 1. The van der Waals surface area contributed by atoms with Gasteiger partial charge in [-0.2, -0.15) is 0 Å². The molecule has 2 aromatic heterocycles. The smallest absolute Gasteiger partial charge is 0.268 e. The minimum absolute atomic E-state index is 0.147. The van der Waals surface area contributed by atoms with Crippen LogP contribution in [0.15, 0.2) is 60.0 Å². The summed E-state index contributed by atoms with van der Waals surface area (Å²) in [5, 5.41) is 6.92. The van der Waals surface area contributed by atoms with E-state index < -0.39 is 0 Å². The summed E-state index contributed by atoms with van der Waals surface area (Å²) in [5.74, 6) is -0.147. The van der Waals surface area contributed by atoms with Gasteiger partial charge in [-0.3, -0.25) is 4.79 Å². The van der Waals surface area contributed by atoms with Crippen molar-refractivity contribution in [3.8, 4) is 22.5 Å². The van der Waals surface area contributed by atoms with Gasteiger partial charge in [0.2, 0.25) is 0 Å². The summed E-state index contributed by atoms with van der Waals surface area (Å²) < 4.78 is 0. The summed E-state index contributed by atoms with van der Waals surface area (Å²) in [6.45, 7) is 3.90. The van der Waals surface area contributed by atoms with Crippen molar-refractivity contribution < 1.29 is 4.79 Å². The van der Waals surface area contributed by atoms with Gasteiger partial charge in [0.15, 0.2) is 0 Å². The number of nitrogens with zero attached hydrogens (tertiary/aromatic N) is 2. The maximum atomic E-state index is 12.9. The molecule has 0 aliphatic rings. The van der Waals surface area contributed by atoms with Crippen LogP contribution < -0.4 is 5.32 Å². The number of anilines is 1. The van der Waals surface area contributed by atoms with Crippen LogP contribution in [0.25, 0.3) is 22.5 Å². The standard InChI is InChI=1S/C21H17N3OS2/c1-13-22-18(12-26-13)16-9-6-10-17(11-16)24-21(25)20-19(23-14(2)27-20)15-7-4-3-5-8-15/h3-12H,1-2H3,(H,24,25). The molecule has 2 heterocycles. The second kappa shape index (κ2) is 7.42. The predicted molar refractivity (Wildman–Crippen MR) is 113 cm³/mol. The van der Waals surface area contributed by atoms with Gasteiger partial charge in [-0.25, -0.2) is 9.97 Å². The highest BCUT2D eigenvalue weighted by atomic mass is 32.1. The van der Waals surface area contributed by atoms with E-state index in [2.05, 4.69) is 15.3 Å². The van der Waals surface area contributed by atoms with Crippen LogP contribution in [0.1, 0.15) is 19.7 Å². The SMILES string of the molecule is Cc1nc(-c2cccc(NC(=O)c3sc(C)nc3-c3ccccc3)c2)cs1. The lowest BCUT2D eigenvalue weighted by Crippen LogP contribution is -2.11. The van der Waals surface area contributed by atoms with Crippen molar-refractivity contribution in [1.29, 1.82) is 0 Å². The van der Waals surface area contributed by atoms with Gasteiger partial charge in [-0.1, -0.05) is 42.5 Å². The molecule has 27 heavy (non-hydrogen) atoms. The second-order valence-electron chi connectivity index (χ2n) is 6.06. The third kappa shape index (κ3) is 3.82. The number of hydrogen-bond acceptors (Lipinski definition) is 5. The Morgan fingerprint density at radius 3 is 2.44 bits per heavy atom. The van der Waals surface area contributed by atoms with Crippen LogP contribution in [0.2, 0.25) is 0 Å². The number of benzene rings is 2. The number of aromatic nitrogens is 2. The molecule has 134 valence electrons. The molecule has 0 fully saturated rings. The normalized spacial score (nSPS) is 10.7. The molecule has 0 atom stereocenters. The number of hydrogen-bond donors (Lipinski definition) is 1. The van der Waals surface area contributed by atoms with Gasteiger partial charge >= 0.3 is 0 Å². The largest absolute Gasteiger partial charge is 0.321 e. The number of amides is 1. The zero-order valence-corrected chi connectivity index (χ0v) is 16.5. The number of rotatable bonds is 4. The third-order valence-corrected chi connectivity index (χ3v) is 5.77. The van der Waals surface area contributed by atoms with Crippen LogP contribution >= 0.6 is 22.7 Å². The average molecular weight is 392 g/mol. The van der Waals surface area contributed by atoms with Crippen molar-refractivity contribution >= 4 is 34.3 Å². The van der Waals surface area contributed by atoms with Gasteiger partial charge in [-0.05, 0) is 26.0 Å². The van der Waals surface area contributed by atoms with Crippen LogP contribution in [0.3, 0.4) is 0 Å². The van der Waals surface area contributed by atoms with Crippen LogP contribution in [0, 0.1) is 13.8 Å². The first-order valence-corrected chi connectivity index (χ1v) is 10.2. The Morgan fingerprint density at radius 2 is 1.70 bits per heavy atom. The highest BCUT2D eigenvalue weighted by Crippen LogP contribution is 2.29. The molecule has 0 spiro atoms. The summed E-state index contributed by atoms with van der Waals surface area (Å²) in [6, 6.07) is 17.5. The minimum Gasteiger partial charge on any atom is -0.321 e. The first-order chi connectivity index (χ1) is 13.1. The van der Waals surface area contributed by atoms with Gasteiger partial charge in [-0.15, -0.1) is 22.7 Å². The van der Waals surface area contributed by atoms with E-state index in [1.165, 1.54) is 11.3 Å². The first kappa shape index (κ1) is 17.6. The topological polar surface area (TPSA) is 54.9 Å². The average Bonchev–Trinajstić information content (AvgIpc) is 3.28. The monoisotopic (exact) mass is 391 g/mol. The molecule has 4 nitrogen and oxygen atoms in total. The zero-order chi connectivity index (χ0) is 18.8. The molecule has 1 amide bonds. The minimum atomic E-state index is -0.147. The Bertz CT molecular complexity index is 1100. The number of aryl methyl sites for hydroxylation is 2. The van der Waals surface area contributed by atoms with Crippen LogP contribution in [-0.4, -0.2) is 15.9 Å². The van der Waals surface area contributed by atoms with Gasteiger partial charge in [0.05, 0.1) is 21.4 Å². The lowest BCUT2D eigenvalue weighted by molar-refractivity contribution is 0.103. The molecule has 0 radical (unpaired) electrons. The Balaban J connectivity index is 1.62. The summed E-state index contributed by atoms with van der Waals surface area (Å²) >= 11 is 3.02.